The van der Waals surface area contributed by atoms with E-state index in [9.17, 15) is 0 Å². The van der Waals surface area contributed by atoms with Gasteiger partial charge in [-0.1, -0.05) is 0 Å². The summed E-state index contributed by atoms with van der Waals surface area (Å²) in [5.41, 5.74) is 0. The monoisotopic (exact) mass is 712 g/mol. The van der Waals surface area contributed by atoms with Gasteiger partial charge >= 0.3 is 0 Å². The molecule has 0 spiro atoms. The molecule has 0 nitrogen and oxygen atoms in total. The average molecular weight is 709 g/mol. The molecule has 4 heteroatoms. The SMILES string of the molecule is [Pb].[Pb].[Pb].[Sr]. The third kappa shape index (κ3) is 9.54. The van der Waals surface area contributed by atoms with Crippen molar-refractivity contribution in [3.63, 3.8) is 0 Å². The molecule has 0 amide bonds. The standard InChI is InChI=1S/3Pb.Sr. The van der Waals surface area contributed by atoms with Crippen molar-refractivity contribution >= 4 is 127 Å². The number of hydrogen-bond donors (Lipinski definition) is 0. The van der Waals surface area contributed by atoms with E-state index in [2.05, 4.69) is 0 Å². The fraction of sp³-hybridized carbons (Fsp3) is 0. The molecule has 0 aliphatic carbocycles. The van der Waals surface area contributed by atoms with Gasteiger partial charge in [-0.15, -0.1) is 0 Å². The largest absolute Gasteiger partial charge is 0 e. The van der Waals surface area contributed by atoms with Gasteiger partial charge in [0.05, 0.1) is 0 Å². The molecular weight excluding hydrogens is 709 g/mol. The first kappa shape index (κ1) is 24.0. The molecule has 0 heterocycles. The quantitative estimate of drug-likeness (QED) is 0.269. The maximum absolute atomic E-state index is 0. The van der Waals surface area contributed by atoms with Gasteiger partial charge < -0.3 is 0 Å². The van der Waals surface area contributed by atoms with Crippen molar-refractivity contribution < 1.29 is 0 Å². The second kappa shape index (κ2) is 15.7. The van der Waals surface area contributed by atoms with Crippen molar-refractivity contribution in [2.24, 2.45) is 0 Å². The van der Waals surface area contributed by atoms with Crippen molar-refractivity contribution in [1.29, 1.82) is 0 Å². The molecule has 0 fully saturated rings. The van der Waals surface area contributed by atoms with Crippen molar-refractivity contribution in [2.45, 2.75) is 0 Å². The van der Waals surface area contributed by atoms with Gasteiger partial charge in [-0.3, -0.25) is 0 Å². The third-order valence-electron chi connectivity index (χ3n) is 0. The van der Waals surface area contributed by atoms with Crippen LogP contribution in [0.1, 0.15) is 0 Å². The number of rotatable bonds is 0. The van der Waals surface area contributed by atoms with Gasteiger partial charge in [0.1, 0.15) is 0 Å². The van der Waals surface area contributed by atoms with Crippen LogP contribution in [-0.4, -0.2) is 127 Å². The molecule has 0 bridgehead atoms. The second-order valence-electron chi connectivity index (χ2n) is 0. The van der Waals surface area contributed by atoms with Crippen LogP contribution in [0.2, 0.25) is 0 Å². The van der Waals surface area contributed by atoms with Gasteiger partial charge in [0.25, 0.3) is 0 Å². The molecule has 0 aliphatic heterocycles. The van der Waals surface area contributed by atoms with E-state index in [1.54, 1.807) is 0 Å². The fourth-order valence-electron chi connectivity index (χ4n) is 0. The second-order valence-corrected chi connectivity index (χ2v) is 0. The molecule has 0 N–H and O–H groups in total. The molecule has 0 aromatic carbocycles. The van der Waals surface area contributed by atoms with Gasteiger partial charge in [0.15, 0.2) is 0 Å². The molecule has 0 saturated heterocycles. The Hall–Kier alpha value is 4.25. The molecule has 14 valence electrons. The van der Waals surface area contributed by atoms with Crippen molar-refractivity contribution in [3.05, 3.63) is 0 Å². The molecule has 4 heavy (non-hydrogen) atoms. The summed E-state index contributed by atoms with van der Waals surface area (Å²) in [5, 5.41) is 0. The molecule has 0 aromatic heterocycles. The first-order valence-electron chi connectivity index (χ1n) is 0. The minimum Gasteiger partial charge on any atom is 0 e. The predicted octanol–water partition coefficient (Wildman–Crippen LogP) is -1.52. The molecule has 0 unspecified atom stereocenters. The van der Waals surface area contributed by atoms with Gasteiger partial charge in [-0.2, -0.15) is 0 Å². The van der Waals surface area contributed by atoms with Crippen LogP contribution in [0.3, 0.4) is 0 Å². The van der Waals surface area contributed by atoms with Crippen molar-refractivity contribution in [3.8, 4) is 0 Å². The number of hydrogen-bond acceptors (Lipinski definition) is 0. The Morgan fingerprint density at radius 1 is 0.500 bits per heavy atom. The van der Waals surface area contributed by atoms with Gasteiger partial charge in [0.2, 0.25) is 0 Å². The molecule has 0 aliphatic rings. The summed E-state index contributed by atoms with van der Waals surface area (Å²) < 4.78 is 0. The normalized spacial score (nSPS) is 0. The Balaban J connectivity index is 0. The first-order valence-corrected chi connectivity index (χ1v) is 0. The minimum absolute atomic E-state index is 0. The van der Waals surface area contributed by atoms with E-state index >= 15 is 0 Å². The maximum Gasteiger partial charge on any atom is 0 e. The van der Waals surface area contributed by atoms with Gasteiger partial charge in [-0.25, -0.2) is 0 Å². The summed E-state index contributed by atoms with van der Waals surface area (Å²) >= 11 is 0. The van der Waals surface area contributed by atoms with E-state index in [0.29, 0.717) is 0 Å². The summed E-state index contributed by atoms with van der Waals surface area (Å²) in [5.74, 6) is 0. The van der Waals surface area contributed by atoms with Gasteiger partial charge in [0, 0.05) is 127 Å². The van der Waals surface area contributed by atoms with Crippen LogP contribution in [0.25, 0.3) is 0 Å². The summed E-state index contributed by atoms with van der Waals surface area (Å²) in [4.78, 5) is 0. The smallest absolute Gasteiger partial charge is 0 e. The van der Waals surface area contributed by atoms with Crippen molar-refractivity contribution in [2.75, 3.05) is 0 Å². The first-order chi connectivity index (χ1) is 0. The van der Waals surface area contributed by atoms with Gasteiger partial charge in [-0.05, 0) is 0 Å². The van der Waals surface area contributed by atoms with Crippen LogP contribution >= 0.6 is 0 Å². The van der Waals surface area contributed by atoms with Crippen LogP contribution in [-0.2, 0) is 0 Å². The Bertz CT molecular complexity index is 3.25. The topological polar surface area (TPSA) is 0 Å². The summed E-state index contributed by atoms with van der Waals surface area (Å²) in [6.07, 6.45) is 0. The average Bonchev–Trinajstić information content (AvgIpc) is 0. The summed E-state index contributed by atoms with van der Waals surface area (Å²) in [7, 11) is 0. The van der Waals surface area contributed by atoms with Crippen LogP contribution in [0, 0.1) is 0 Å². The fourth-order valence-corrected chi connectivity index (χ4v) is 0. The molecule has 0 rings (SSSR count). The zero-order valence-corrected chi connectivity index (χ0v) is 17.3. The summed E-state index contributed by atoms with van der Waals surface area (Å²) in [6, 6.07) is 0. The van der Waals surface area contributed by atoms with E-state index < -0.39 is 0 Å². The van der Waals surface area contributed by atoms with Crippen LogP contribution < -0.4 is 0 Å². The summed E-state index contributed by atoms with van der Waals surface area (Å²) in [6.45, 7) is 0. The van der Waals surface area contributed by atoms with Crippen LogP contribution in [0.5, 0.6) is 0 Å². The minimum atomic E-state index is 0. The van der Waals surface area contributed by atoms with E-state index in [0.717, 1.165) is 0 Å². The zero-order valence-electron chi connectivity index (χ0n) is 2.21. The van der Waals surface area contributed by atoms with E-state index in [1.165, 1.54) is 0 Å². The molecule has 0 saturated carbocycles. The maximum atomic E-state index is 0. The Labute approximate surface area is 124 Å². The predicted molar refractivity (Wildman–Crippen MR) is 23.0 cm³/mol. The van der Waals surface area contributed by atoms with Crippen molar-refractivity contribution in [1.82, 2.24) is 0 Å². The third-order valence-corrected chi connectivity index (χ3v) is 0. The Kier molecular flexibility index (Phi) is 94.1. The zero-order chi connectivity index (χ0) is 0. The molecule has 0 atom stereocenters. The molecule has 0 aromatic rings. The van der Waals surface area contributed by atoms with Crippen LogP contribution in [0.4, 0.5) is 0 Å². The Morgan fingerprint density at radius 2 is 0.500 bits per heavy atom. The van der Waals surface area contributed by atoms with E-state index in [-0.39, 0.29) is 127 Å². The van der Waals surface area contributed by atoms with E-state index in [1.807, 2.05) is 0 Å². The molecule has 14 radical (unpaired) electrons. The Morgan fingerprint density at radius 3 is 0.500 bits per heavy atom. The van der Waals surface area contributed by atoms with E-state index in [4.69, 9.17) is 0 Å². The van der Waals surface area contributed by atoms with Crippen LogP contribution in [0.15, 0.2) is 0 Å². The molecular formula is Pb3Sr.